The number of oxazole rings is 1. The van der Waals surface area contributed by atoms with E-state index in [2.05, 4.69) is 10.3 Å². The van der Waals surface area contributed by atoms with E-state index in [1.807, 2.05) is 0 Å². The molecule has 0 aliphatic carbocycles. The molecule has 7 heteroatoms. The SMILES string of the molecule is Cc1ocnc1C(=O)N[C@@H]1CCCN(c2ccccc2F)C1=O. The molecule has 1 aromatic heterocycles. The highest BCUT2D eigenvalue weighted by molar-refractivity contribution is 6.02. The fourth-order valence-electron chi connectivity index (χ4n) is 2.67. The summed E-state index contributed by atoms with van der Waals surface area (Å²) >= 11 is 0. The third-order valence-corrected chi connectivity index (χ3v) is 3.85. The van der Waals surface area contributed by atoms with Crippen LogP contribution < -0.4 is 10.2 Å². The highest BCUT2D eigenvalue weighted by atomic mass is 19.1. The molecule has 0 unspecified atom stereocenters. The van der Waals surface area contributed by atoms with Crippen LogP contribution in [0.5, 0.6) is 0 Å². The topological polar surface area (TPSA) is 75.4 Å². The summed E-state index contributed by atoms with van der Waals surface area (Å²) in [6, 6.07) is 5.40. The minimum Gasteiger partial charge on any atom is -0.448 e. The Balaban J connectivity index is 1.77. The number of nitrogens with one attached hydrogen (secondary N) is 1. The Morgan fingerprint density at radius 2 is 2.22 bits per heavy atom. The molecule has 23 heavy (non-hydrogen) atoms. The van der Waals surface area contributed by atoms with E-state index in [1.54, 1.807) is 25.1 Å². The number of halogens is 1. The van der Waals surface area contributed by atoms with E-state index >= 15 is 0 Å². The number of para-hydroxylation sites is 1. The average Bonchev–Trinajstić information content (AvgIpc) is 2.96. The number of piperidine rings is 1. The van der Waals surface area contributed by atoms with Gasteiger partial charge in [-0.3, -0.25) is 9.59 Å². The van der Waals surface area contributed by atoms with E-state index < -0.39 is 17.8 Å². The van der Waals surface area contributed by atoms with E-state index in [0.717, 1.165) is 0 Å². The Bertz CT molecular complexity index is 744. The molecule has 1 aromatic carbocycles. The molecular formula is C16H16FN3O3. The third kappa shape index (κ3) is 2.94. The zero-order valence-corrected chi connectivity index (χ0v) is 12.6. The second-order valence-electron chi connectivity index (χ2n) is 5.37. The lowest BCUT2D eigenvalue weighted by molar-refractivity contribution is -0.121. The van der Waals surface area contributed by atoms with E-state index in [4.69, 9.17) is 4.42 Å². The molecule has 2 amide bonds. The molecule has 120 valence electrons. The fourth-order valence-corrected chi connectivity index (χ4v) is 2.67. The molecular weight excluding hydrogens is 301 g/mol. The third-order valence-electron chi connectivity index (χ3n) is 3.85. The first kappa shape index (κ1) is 15.2. The lowest BCUT2D eigenvalue weighted by atomic mass is 10.0. The van der Waals surface area contributed by atoms with Crippen LogP contribution in [0.3, 0.4) is 0 Å². The van der Waals surface area contributed by atoms with Gasteiger partial charge in [0.25, 0.3) is 5.91 Å². The predicted molar refractivity (Wildman–Crippen MR) is 80.5 cm³/mol. The summed E-state index contributed by atoms with van der Waals surface area (Å²) < 4.78 is 18.9. The van der Waals surface area contributed by atoms with Gasteiger partial charge >= 0.3 is 0 Å². The summed E-state index contributed by atoms with van der Waals surface area (Å²) in [5, 5.41) is 2.66. The number of anilines is 1. The summed E-state index contributed by atoms with van der Waals surface area (Å²) in [5.74, 6) is -0.863. The smallest absolute Gasteiger partial charge is 0.274 e. The Kier molecular flexibility index (Phi) is 4.10. The van der Waals surface area contributed by atoms with Gasteiger partial charge in [-0.25, -0.2) is 9.37 Å². The number of aromatic nitrogens is 1. The molecule has 3 rings (SSSR count). The summed E-state index contributed by atoms with van der Waals surface area (Å²) in [6.07, 6.45) is 2.35. The number of hydrogen-bond acceptors (Lipinski definition) is 4. The zero-order chi connectivity index (χ0) is 16.4. The van der Waals surface area contributed by atoms with Crippen molar-refractivity contribution in [3.8, 4) is 0 Å². The van der Waals surface area contributed by atoms with Crippen LogP contribution >= 0.6 is 0 Å². The highest BCUT2D eigenvalue weighted by Crippen LogP contribution is 2.24. The van der Waals surface area contributed by atoms with E-state index in [9.17, 15) is 14.0 Å². The number of nitrogens with zero attached hydrogens (tertiary/aromatic N) is 2. The molecule has 6 nitrogen and oxygen atoms in total. The van der Waals surface area contributed by atoms with Gasteiger partial charge < -0.3 is 14.6 Å². The van der Waals surface area contributed by atoms with Crippen molar-refractivity contribution < 1.29 is 18.4 Å². The number of carbonyl (C=O) groups is 2. The van der Waals surface area contributed by atoms with Crippen molar-refractivity contribution in [2.24, 2.45) is 0 Å². The largest absolute Gasteiger partial charge is 0.448 e. The molecule has 1 aliphatic heterocycles. The second kappa shape index (κ2) is 6.20. The van der Waals surface area contributed by atoms with Gasteiger partial charge in [0.1, 0.15) is 17.6 Å². The number of carbonyl (C=O) groups excluding carboxylic acids is 2. The molecule has 1 aliphatic rings. The molecule has 0 radical (unpaired) electrons. The summed E-state index contributed by atoms with van der Waals surface area (Å²) in [6.45, 7) is 2.05. The van der Waals surface area contributed by atoms with Crippen LogP contribution in [0, 0.1) is 12.7 Å². The van der Waals surface area contributed by atoms with Crippen molar-refractivity contribution in [1.29, 1.82) is 0 Å². The van der Waals surface area contributed by atoms with E-state index in [1.165, 1.54) is 17.4 Å². The first-order valence-corrected chi connectivity index (χ1v) is 7.35. The molecule has 2 aromatic rings. The monoisotopic (exact) mass is 317 g/mol. The zero-order valence-electron chi connectivity index (χ0n) is 12.6. The maximum absolute atomic E-state index is 13.9. The van der Waals surface area contributed by atoms with Crippen LogP contribution in [-0.2, 0) is 4.79 Å². The molecule has 1 N–H and O–H groups in total. The number of benzene rings is 1. The van der Waals surface area contributed by atoms with Crippen molar-refractivity contribution in [3.05, 3.63) is 47.9 Å². The second-order valence-corrected chi connectivity index (χ2v) is 5.37. The Labute approximate surface area is 132 Å². The van der Waals surface area contributed by atoms with Crippen molar-refractivity contribution >= 4 is 17.5 Å². The van der Waals surface area contributed by atoms with Crippen molar-refractivity contribution in [2.75, 3.05) is 11.4 Å². The van der Waals surface area contributed by atoms with Crippen LogP contribution in [0.15, 0.2) is 35.1 Å². The van der Waals surface area contributed by atoms with Crippen LogP contribution in [0.1, 0.15) is 29.1 Å². The van der Waals surface area contributed by atoms with Crippen molar-refractivity contribution in [2.45, 2.75) is 25.8 Å². The van der Waals surface area contributed by atoms with Crippen molar-refractivity contribution in [1.82, 2.24) is 10.3 Å². The Hall–Kier alpha value is -2.70. The summed E-state index contributed by atoms with van der Waals surface area (Å²) in [4.78, 5) is 29.9. The van der Waals surface area contributed by atoms with Gasteiger partial charge in [0.15, 0.2) is 12.1 Å². The molecule has 0 bridgehead atoms. The molecule has 1 atom stereocenters. The van der Waals surface area contributed by atoms with Gasteiger partial charge in [-0.2, -0.15) is 0 Å². The van der Waals surface area contributed by atoms with Gasteiger partial charge in [0, 0.05) is 6.54 Å². The van der Waals surface area contributed by atoms with Gasteiger partial charge in [-0.05, 0) is 31.9 Å². The molecule has 1 fully saturated rings. The fraction of sp³-hybridized carbons (Fsp3) is 0.312. The summed E-state index contributed by atoms with van der Waals surface area (Å²) in [5.41, 5.74) is 0.384. The Morgan fingerprint density at radius 3 is 2.91 bits per heavy atom. The molecule has 0 spiro atoms. The van der Waals surface area contributed by atoms with Crippen molar-refractivity contribution in [3.63, 3.8) is 0 Å². The average molecular weight is 317 g/mol. The minimum absolute atomic E-state index is 0.154. The molecule has 0 saturated carbocycles. The first-order chi connectivity index (χ1) is 11.1. The predicted octanol–water partition coefficient (Wildman–Crippen LogP) is 2.05. The maximum Gasteiger partial charge on any atom is 0.274 e. The quantitative estimate of drug-likeness (QED) is 0.940. The lowest BCUT2D eigenvalue weighted by Crippen LogP contribution is -2.52. The number of aryl methyl sites for hydroxylation is 1. The van der Waals surface area contributed by atoms with Crippen LogP contribution in [0.2, 0.25) is 0 Å². The van der Waals surface area contributed by atoms with Gasteiger partial charge in [0.2, 0.25) is 5.91 Å². The normalized spacial score (nSPS) is 18.1. The van der Waals surface area contributed by atoms with Gasteiger partial charge in [-0.1, -0.05) is 12.1 Å². The van der Waals surface area contributed by atoms with Crippen LogP contribution in [-0.4, -0.2) is 29.4 Å². The Morgan fingerprint density at radius 1 is 1.43 bits per heavy atom. The standard InChI is InChI=1S/C16H16FN3O3/c1-10-14(18-9-23-10)15(21)19-12-6-4-8-20(16(12)22)13-7-3-2-5-11(13)17/h2-3,5,7,9,12H,4,6,8H2,1H3,(H,19,21)/t12-/m1/s1. The minimum atomic E-state index is -0.702. The maximum atomic E-state index is 13.9. The van der Waals surface area contributed by atoms with Gasteiger partial charge in [0.05, 0.1) is 5.69 Å². The number of rotatable bonds is 3. The van der Waals surface area contributed by atoms with Crippen LogP contribution in [0.25, 0.3) is 0 Å². The highest BCUT2D eigenvalue weighted by Gasteiger charge is 2.32. The van der Waals surface area contributed by atoms with Gasteiger partial charge in [-0.15, -0.1) is 0 Å². The lowest BCUT2D eigenvalue weighted by Gasteiger charge is -2.32. The summed E-state index contributed by atoms with van der Waals surface area (Å²) in [7, 11) is 0. The van der Waals surface area contributed by atoms with Crippen LogP contribution in [0.4, 0.5) is 10.1 Å². The molecule has 2 heterocycles. The van der Waals surface area contributed by atoms with E-state index in [-0.39, 0.29) is 17.3 Å². The molecule has 1 saturated heterocycles. The number of hydrogen-bond donors (Lipinski definition) is 1. The number of amides is 2. The first-order valence-electron chi connectivity index (χ1n) is 7.35. The van der Waals surface area contributed by atoms with E-state index in [0.29, 0.717) is 25.1 Å².